The van der Waals surface area contributed by atoms with Gasteiger partial charge < -0.3 is 0 Å². The topological polar surface area (TPSA) is 29.4 Å². The maximum Gasteiger partial charge on any atom is 0.180 e. The van der Waals surface area contributed by atoms with Crippen molar-refractivity contribution in [2.45, 2.75) is 6.42 Å². The number of hydrogen-bond acceptors (Lipinski definition) is 2. The lowest BCUT2D eigenvalue weighted by molar-refractivity contribution is -0.112. The summed E-state index contributed by atoms with van der Waals surface area (Å²) in [6.45, 7) is 0. The van der Waals surface area contributed by atoms with Crippen LogP contribution in [-0.4, -0.2) is 12.0 Å². The smallest absolute Gasteiger partial charge is 0.180 e. The molecule has 0 atom stereocenters. The van der Waals surface area contributed by atoms with E-state index in [1.54, 1.807) is 0 Å². The Morgan fingerprint density at radius 1 is 1.78 bits per heavy atom. The molecule has 1 aliphatic heterocycles. The Balaban J connectivity index is 2.87. The summed E-state index contributed by atoms with van der Waals surface area (Å²) in [6.07, 6.45) is 0.772. The Kier molecular flexibility index (Phi) is 1.62. The Bertz CT molecular complexity index is 209. The second-order valence-electron chi connectivity index (χ2n) is 1.60. The van der Waals surface area contributed by atoms with Crippen molar-refractivity contribution < 1.29 is 9.18 Å². The summed E-state index contributed by atoms with van der Waals surface area (Å²) in [4.78, 5) is 13.6. The van der Waals surface area contributed by atoms with Crippen molar-refractivity contribution in [3.05, 3.63) is 11.0 Å². The molecule has 48 valence electrons. The van der Waals surface area contributed by atoms with Gasteiger partial charge in [0.2, 0.25) is 0 Å². The van der Waals surface area contributed by atoms with E-state index in [0.717, 1.165) is 6.21 Å². The third kappa shape index (κ3) is 1.36. The minimum Gasteiger partial charge on any atom is -0.293 e. The summed E-state index contributed by atoms with van der Waals surface area (Å²) in [6, 6.07) is 0. The summed E-state index contributed by atoms with van der Waals surface area (Å²) in [5.74, 6) is -0.999. The molecular weight excluding hydrogens is 145 g/mol. The highest BCUT2D eigenvalue weighted by Crippen LogP contribution is 2.18. The van der Waals surface area contributed by atoms with Crippen molar-refractivity contribution in [3.63, 3.8) is 0 Å². The molecule has 0 fully saturated rings. The summed E-state index contributed by atoms with van der Waals surface area (Å²) >= 11 is 5.19. The third-order valence-corrected chi connectivity index (χ3v) is 1.18. The molecule has 4 heteroatoms. The number of ketones is 1. The molecule has 0 unspecified atom stereocenters. The van der Waals surface area contributed by atoms with Crippen molar-refractivity contribution in [1.29, 1.82) is 0 Å². The first-order valence-corrected chi connectivity index (χ1v) is 2.69. The summed E-state index contributed by atoms with van der Waals surface area (Å²) in [5.41, 5.74) is 0. The Labute approximate surface area is 56.0 Å². The monoisotopic (exact) mass is 147 g/mol. The average Bonchev–Trinajstić information content (AvgIpc) is 1.80. The second kappa shape index (κ2) is 2.27. The molecule has 1 aliphatic rings. The molecule has 0 saturated heterocycles. The highest BCUT2D eigenvalue weighted by atomic mass is 35.5. The molecule has 9 heavy (non-hydrogen) atoms. The van der Waals surface area contributed by atoms with Gasteiger partial charge >= 0.3 is 0 Å². The molecule has 0 aromatic heterocycles. The highest BCUT2D eigenvalue weighted by molar-refractivity contribution is 6.35. The molecule has 0 bridgehead atoms. The van der Waals surface area contributed by atoms with E-state index in [9.17, 15) is 9.18 Å². The lowest BCUT2D eigenvalue weighted by Gasteiger charge is -1.98. The average molecular weight is 148 g/mol. The van der Waals surface area contributed by atoms with Gasteiger partial charge in [-0.2, -0.15) is 0 Å². The van der Waals surface area contributed by atoms with Gasteiger partial charge in [0.25, 0.3) is 0 Å². The van der Waals surface area contributed by atoms with Crippen LogP contribution < -0.4 is 0 Å². The van der Waals surface area contributed by atoms with Crippen molar-refractivity contribution in [2.75, 3.05) is 0 Å². The minimum absolute atomic E-state index is 0.213. The van der Waals surface area contributed by atoms with Crippen molar-refractivity contribution in [1.82, 2.24) is 0 Å². The third-order valence-electron chi connectivity index (χ3n) is 0.875. The molecule has 0 aliphatic carbocycles. The molecule has 0 amide bonds. The molecule has 2 nitrogen and oxygen atoms in total. The van der Waals surface area contributed by atoms with Crippen LogP contribution in [0.3, 0.4) is 0 Å². The number of carbonyl (C=O) groups excluding carboxylic acids is 1. The van der Waals surface area contributed by atoms with Crippen LogP contribution in [0.1, 0.15) is 6.42 Å². The van der Waals surface area contributed by atoms with Crippen LogP contribution in [0.25, 0.3) is 0 Å². The van der Waals surface area contributed by atoms with Gasteiger partial charge in [-0.15, -0.1) is 0 Å². The van der Waals surface area contributed by atoms with Crippen LogP contribution in [-0.2, 0) is 4.79 Å². The van der Waals surface area contributed by atoms with Crippen molar-refractivity contribution >= 4 is 23.6 Å². The zero-order chi connectivity index (χ0) is 6.85. The summed E-state index contributed by atoms with van der Waals surface area (Å²) in [7, 11) is 0. The first-order chi connectivity index (χ1) is 4.20. The van der Waals surface area contributed by atoms with Gasteiger partial charge in [-0.25, -0.2) is 9.38 Å². The molecule has 0 spiro atoms. The fraction of sp³-hybridized carbons (Fsp3) is 0.200. The van der Waals surface area contributed by atoms with E-state index in [2.05, 4.69) is 4.99 Å². The number of halogens is 2. The van der Waals surface area contributed by atoms with Gasteiger partial charge in [-0.1, -0.05) is 11.6 Å². The van der Waals surface area contributed by atoms with E-state index in [1.807, 2.05) is 0 Å². The van der Waals surface area contributed by atoms with E-state index in [4.69, 9.17) is 11.6 Å². The van der Waals surface area contributed by atoms with Gasteiger partial charge in [-0.05, 0) is 0 Å². The first kappa shape index (κ1) is 6.42. The van der Waals surface area contributed by atoms with Gasteiger partial charge in [-0.3, -0.25) is 4.79 Å². The Morgan fingerprint density at radius 2 is 2.44 bits per heavy atom. The molecule has 0 aromatic carbocycles. The zero-order valence-corrected chi connectivity index (χ0v) is 5.15. The van der Waals surface area contributed by atoms with Crippen LogP contribution in [0.5, 0.6) is 0 Å². The van der Waals surface area contributed by atoms with E-state index >= 15 is 0 Å². The number of rotatable bonds is 0. The molecule has 1 heterocycles. The lowest BCUT2D eigenvalue weighted by atomic mass is 10.2. The summed E-state index contributed by atoms with van der Waals surface area (Å²) < 4.78 is 12.2. The van der Waals surface area contributed by atoms with Crippen LogP contribution in [0.15, 0.2) is 16.0 Å². The number of nitrogens with zero attached hydrogens (tertiary/aromatic N) is 1. The number of allylic oxidation sites excluding steroid dienone is 1. The zero-order valence-electron chi connectivity index (χ0n) is 4.40. The normalized spacial score (nSPS) is 19.1. The fourth-order valence-electron chi connectivity index (χ4n) is 0.470. The predicted molar refractivity (Wildman–Crippen MR) is 32.1 cm³/mol. The van der Waals surface area contributed by atoms with E-state index in [-0.39, 0.29) is 17.4 Å². The van der Waals surface area contributed by atoms with Crippen molar-refractivity contribution in [3.8, 4) is 0 Å². The number of hydrogen-bond donors (Lipinski definition) is 0. The van der Waals surface area contributed by atoms with Gasteiger partial charge in [0.15, 0.2) is 10.9 Å². The van der Waals surface area contributed by atoms with Gasteiger partial charge in [0.05, 0.1) is 12.6 Å². The minimum atomic E-state index is -0.649. The fourth-order valence-corrected chi connectivity index (χ4v) is 0.586. The van der Waals surface area contributed by atoms with E-state index < -0.39 is 5.83 Å². The van der Waals surface area contributed by atoms with Crippen LogP contribution in [0.4, 0.5) is 4.39 Å². The number of carbonyl (C=O) groups is 1. The molecule has 0 aromatic rings. The second-order valence-corrected chi connectivity index (χ2v) is 1.96. The predicted octanol–water partition coefficient (Wildman–Crippen LogP) is 1.41. The maximum absolute atomic E-state index is 12.2. The van der Waals surface area contributed by atoms with Crippen LogP contribution in [0, 0.1) is 0 Å². The molecule has 0 saturated carbocycles. The Hall–Kier alpha value is -0.700. The standard InChI is InChI=1S/C5H3ClFNO/c6-5-4(7)1-3(9)2-8-5/h2H,1H2. The number of aliphatic imine (C=N–C) groups is 1. The lowest BCUT2D eigenvalue weighted by Crippen LogP contribution is -2.03. The van der Waals surface area contributed by atoms with E-state index in [0.29, 0.717) is 0 Å². The highest BCUT2D eigenvalue weighted by Gasteiger charge is 2.12. The van der Waals surface area contributed by atoms with Crippen LogP contribution >= 0.6 is 11.6 Å². The molecule has 0 N–H and O–H groups in total. The molecule has 1 rings (SSSR count). The Morgan fingerprint density at radius 3 is 2.89 bits per heavy atom. The maximum atomic E-state index is 12.2. The molecule has 0 radical (unpaired) electrons. The summed E-state index contributed by atoms with van der Waals surface area (Å²) in [5, 5.41) is -0.213. The largest absolute Gasteiger partial charge is 0.293 e. The van der Waals surface area contributed by atoms with Gasteiger partial charge in [0, 0.05) is 0 Å². The molecular formula is C5H3ClFNO. The van der Waals surface area contributed by atoms with Crippen molar-refractivity contribution in [2.24, 2.45) is 4.99 Å². The van der Waals surface area contributed by atoms with Gasteiger partial charge in [0.1, 0.15) is 5.83 Å². The SMILES string of the molecule is O=C1C=NC(Cl)=C(F)C1. The number of Topliss-reactive ketones (excluding diaryl/α,β-unsaturated/α-hetero) is 1. The first-order valence-electron chi connectivity index (χ1n) is 2.31. The quantitative estimate of drug-likeness (QED) is 0.477. The van der Waals surface area contributed by atoms with Crippen LogP contribution in [0.2, 0.25) is 0 Å². The van der Waals surface area contributed by atoms with E-state index in [1.165, 1.54) is 0 Å².